The third-order valence-corrected chi connectivity index (χ3v) is 12.4. The number of carbonyl (C=O) groups excluding carboxylic acids is 1. The second kappa shape index (κ2) is 47.4. The first-order valence-corrected chi connectivity index (χ1v) is 27.3. The quantitative estimate of drug-likeness (QED) is 0.0230. The van der Waals surface area contributed by atoms with Crippen molar-refractivity contribution in [1.29, 1.82) is 0 Å². The van der Waals surface area contributed by atoms with Crippen LogP contribution < -0.4 is 11.1 Å². The molecule has 0 saturated heterocycles. The van der Waals surface area contributed by atoms with Crippen LogP contribution in [0.1, 0.15) is 239 Å². The number of rotatable bonds is 48. The van der Waals surface area contributed by atoms with Crippen molar-refractivity contribution >= 4 is 13.7 Å². The lowest BCUT2D eigenvalue weighted by Gasteiger charge is -2.24. The number of hydrogen-bond acceptors (Lipinski definition) is 7. The molecule has 6 N–H and O–H groups in total. The fraction of sp³-hybridized carbons (Fsp3) is 0.827. The molecule has 10 heteroatoms. The monoisotopic (exact) mass is 895 g/mol. The van der Waals surface area contributed by atoms with Crippen molar-refractivity contribution in [3.05, 3.63) is 48.6 Å². The zero-order valence-electron chi connectivity index (χ0n) is 40.2. The van der Waals surface area contributed by atoms with Crippen molar-refractivity contribution in [2.45, 2.75) is 257 Å². The lowest BCUT2D eigenvalue weighted by Crippen LogP contribution is -2.46. The van der Waals surface area contributed by atoms with Gasteiger partial charge in [0.15, 0.2) is 0 Å². The number of nitrogens with two attached hydrogens (primary N) is 1. The molecule has 0 rings (SSSR count). The van der Waals surface area contributed by atoms with Gasteiger partial charge >= 0.3 is 7.82 Å². The highest BCUT2D eigenvalue weighted by molar-refractivity contribution is 7.47. The van der Waals surface area contributed by atoms with E-state index in [2.05, 4.69) is 55.6 Å². The minimum absolute atomic E-state index is 0.0438. The SMILES string of the molecule is CC/C=C\C/C=C\CCCCCCCCCCCCCCC(O)CC(=O)NC(COP(=O)(O)OCCN)C(O)/C=C/CC/C=C/CCCCCCCCCCCCCCCCC. The number of aliphatic hydroxyl groups is 2. The van der Waals surface area contributed by atoms with Crippen LogP contribution in [0.25, 0.3) is 0 Å². The average Bonchev–Trinajstić information content (AvgIpc) is 3.25. The largest absolute Gasteiger partial charge is 0.472 e. The van der Waals surface area contributed by atoms with Gasteiger partial charge in [-0.2, -0.15) is 0 Å². The normalized spacial score (nSPS) is 14.7. The Labute approximate surface area is 382 Å². The van der Waals surface area contributed by atoms with Crippen LogP contribution in [0.15, 0.2) is 48.6 Å². The Morgan fingerprint density at radius 2 is 1.02 bits per heavy atom. The van der Waals surface area contributed by atoms with E-state index in [4.69, 9.17) is 14.8 Å². The van der Waals surface area contributed by atoms with Crippen LogP contribution >= 0.6 is 7.82 Å². The molecule has 0 aliphatic rings. The molecule has 0 bridgehead atoms. The zero-order valence-corrected chi connectivity index (χ0v) is 41.1. The molecule has 0 aromatic carbocycles. The van der Waals surface area contributed by atoms with Gasteiger partial charge in [-0.1, -0.05) is 223 Å². The second-order valence-electron chi connectivity index (χ2n) is 17.5. The molecule has 0 fully saturated rings. The molecular weight excluding hydrogens is 796 g/mol. The topological polar surface area (TPSA) is 151 Å². The van der Waals surface area contributed by atoms with Gasteiger partial charge in [0.1, 0.15) is 0 Å². The first-order valence-electron chi connectivity index (χ1n) is 25.8. The fourth-order valence-corrected chi connectivity index (χ4v) is 8.34. The first-order chi connectivity index (χ1) is 30.3. The summed E-state index contributed by atoms with van der Waals surface area (Å²) in [6.45, 7) is 3.88. The van der Waals surface area contributed by atoms with E-state index in [0.29, 0.717) is 12.8 Å². The molecule has 0 aliphatic heterocycles. The summed E-state index contributed by atoms with van der Waals surface area (Å²) < 4.78 is 22.2. The lowest BCUT2D eigenvalue weighted by atomic mass is 10.0. The Morgan fingerprint density at radius 3 is 1.52 bits per heavy atom. The molecular formula is C52H99N2O7P. The van der Waals surface area contributed by atoms with E-state index in [0.717, 1.165) is 44.9 Å². The van der Waals surface area contributed by atoms with Gasteiger partial charge in [-0.05, 0) is 57.8 Å². The van der Waals surface area contributed by atoms with Crippen LogP contribution in [0.4, 0.5) is 0 Å². The van der Waals surface area contributed by atoms with Crippen molar-refractivity contribution in [3.8, 4) is 0 Å². The fourth-order valence-electron chi connectivity index (χ4n) is 7.58. The highest BCUT2D eigenvalue weighted by atomic mass is 31.2. The number of nitrogens with one attached hydrogen (secondary N) is 1. The van der Waals surface area contributed by atoms with Gasteiger partial charge in [0.2, 0.25) is 5.91 Å². The van der Waals surface area contributed by atoms with E-state index in [1.165, 1.54) is 161 Å². The van der Waals surface area contributed by atoms with Crippen molar-refractivity contribution in [3.63, 3.8) is 0 Å². The number of carbonyl (C=O) groups is 1. The zero-order chi connectivity index (χ0) is 45.5. The van der Waals surface area contributed by atoms with Crippen LogP contribution in [-0.2, 0) is 18.4 Å². The molecule has 0 aliphatic carbocycles. The third-order valence-electron chi connectivity index (χ3n) is 11.4. The Morgan fingerprint density at radius 1 is 0.581 bits per heavy atom. The summed E-state index contributed by atoms with van der Waals surface area (Å²) in [7, 11) is -4.41. The lowest BCUT2D eigenvalue weighted by molar-refractivity contribution is -0.124. The predicted octanol–water partition coefficient (Wildman–Crippen LogP) is 14.2. The molecule has 9 nitrogen and oxygen atoms in total. The van der Waals surface area contributed by atoms with Gasteiger partial charge in [0, 0.05) is 6.54 Å². The Balaban J connectivity index is 4.22. The molecule has 0 aromatic rings. The van der Waals surface area contributed by atoms with Crippen LogP contribution in [0.5, 0.6) is 0 Å². The Hall–Kier alpha value is -1.58. The summed E-state index contributed by atoms with van der Waals surface area (Å²) >= 11 is 0. The van der Waals surface area contributed by atoms with Crippen molar-refractivity contribution in [2.75, 3.05) is 19.8 Å². The number of hydrogen-bond donors (Lipinski definition) is 5. The maximum absolute atomic E-state index is 12.9. The molecule has 0 radical (unpaired) electrons. The number of allylic oxidation sites excluding steroid dienone is 7. The highest BCUT2D eigenvalue weighted by Gasteiger charge is 2.27. The summed E-state index contributed by atoms with van der Waals surface area (Å²) in [5.74, 6) is -0.455. The number of aliphatic hydroxyl groups excluding tert-OH is 2. The maximum atomic E-state index is 12.9. The van der Waals surface area contributed by atoms with Gasteiger partial charge in [0.25, 0.3) is 0 Å². The molecule has 364 valence electrons. The van der Waals surface area contributed by atoms with Gasteiger partial charge in [-0.3, -0.25) is 13.8 Å². The second-order valence-corrected chi connectivity index (χ2v) is 19.0. The molecule has 0 aromatic heterocycles. The Kier molecular flexibility index (Phi) is 46.2. The van der Waals surface area contributed by atoms with E-state index < -0.39 is 38.6 Å². The van der Waals surface area contributed by atoms with Gasteiger partial charge in [0.05, 0.1) is 37.9 Å². The minimum atomic E-state index is -4.41. The molecule has 0 spiro atoms. The van der Waals surface area contributed by atoms with E-state index >= 15 is 0 Å². The summed E-state index contributed by atoms with van der Waals surface area (Å²) in [6.07, 6.45) is 56.4. The molecule has 0 saturated carbocycles. The minimum Gasteiger partial charge on any atom is -0.393 e. The third kappa shape index (κ3) is 45.0. The van der Waals surface area contributed by atoms with Crippen LogP contribution in [0.2, 0.25) is 0 Å². The maximum Gasteiger partial charge on any atom is 0.472 e. The van der Waals surface area contributed by atoms with Gasteiger partial charge in [-0.15, -0.1) is 0 Å². The summed E-state index contributed by atoms with van der Waals surface area (Å²) in [4.78, 5) is 22.9. The molecule has 1 amide bonds. The average molecular weight is 895 g/mol. The molecule has 4 atom stereocenters. The van der Waals surface area contributed by atoms with Crippen molar-refractivity contribution in [2.24, 2.45) is 5.73 Å². The summed E-state index contributed by atoms with van der Waals surface area (Å²) in [5, 5.41) is 24.2. The van der Waals surface area contributed by atoms with Crippen molar-refractivity contribution < 1.29 is 33.5 Å². The Bertz CT molecular complexity index is 1130. The predicted molar refractivity (Wildman–Crippen MR) is 264 cm³/mol. The molecule has 4 unspecified atom stereocenters. The summed E-state index contributed by atoms with van der Waals surface area (Å²) in [6, 6.07) is -1.00. The van der Waals surface area contributed by atoms with Crippen LogP contribution in [0, 0.1) is 0 Å². The van der Waals surface area contributed by atoms with E-state index in [1.54, 1.807) is 6.08 Å². The van der Waals surface area contributed by atoms with Crippen LogP contribution in [0.3, 0.4) is 0 Å². The van der Waals surface area contributed by atoms with Gasteiger partial charge in [-0.25, -0.2) is 4.57 Å². The van der Waals surface area contributed by atoms with Gasteiger partial charge < -0.3 is 26.2 Å². The number of phosphoric ester groups is 1. The summed E-state index contributed by atoms with van der Waals surface area (Å²) in [5.41, 5.74) is 5.38. The van der Waals surface area contributed by atoms with E-state index in [-0.39, 0.29) is 19.6 Å². The molecule has 0 heterocycles. The molecule has 62 heavy (non-hydrogen) atoms. The number of phosphoric acid groups is 1. The number of amides is 1. The highest BCUT2D eigenvalue weighted by Crippen LogP contribution is 2.43. The number of unbranched alkanes of at least 4 members (excludes halogenated alkanes) is 28. The van der Waals surface area contributed by atoms with Crippen LogP contribution in [-0.4, -0.2) is 59.0 Å². The smallest absolute Gasteiger partial charge is 0.393 e. The first kappa shape index (κ1) is 60.4. The van der Waals surface area contributed by atoms with Crippen molar-refractivity contribution in [1.82, 2.24) is 5.32 Å². The standard InChI is InChI=1S/C52H99N2O7P/c1-3-5-7-9-11-13-15-17-19-21-23-24-26-28-30-32-34-36-38-40-42-44-51(56)50(48-61-62(58,59)60-46-45-53)54-52(57)47-49(55)43-41-39-37-35-33-31-29-27-25-22-20-18-16-14-12-10-8-6-4-2/h6,8,12,14,34,36,42,44,49-51,55-56H,3-5,7,9-11,13,15-33,35,37-41,43,45-48,53H2,1-2H3,(H,54,57)(H,58,59)/b8-6-,14-12-,36-34+,44-42+. The van der Waals surface area contributed by atoms with E-state index in [9.17, 15) is 24.5 Å². The van der Waals surface area contributed by atoms with E-state index in [1.807, 2.05) is 6.08 Å².